The summed E-state index contributed by atoms with van der Waals surface area (Å²) in [5.74, 6) is 0. The van der Waals surface area contributed by atoms with Crippen LogP contribution in [0, 0.1) is 0 Å². The lowest BCUT2D eigenvalue weighted by Gasteiger charge is -2.35. The van der Waals surface area contributed by atoms with Gasteiger partial charge in [0, 0.05) is 12.6 Å². The third-order valence-electron chi connectivity index (χ3n) is 3.39. The summed E-state index contributed by atoms with van der Waals surface area (Å²) in [5, 5.41) is 3.45. The van der Waals surface area contributed by atoms with Gasteiger partial charge < -0.3 is 10.1 Å². The molecule has 1 aromatic rings. The summed E-state index contributed by atoms with van der Waals surface area (Å²) >= 11 is 0. The van der Waals surface area contributed by atoms with E-state index in [0.29, 0.717) is 12.1 Å². The van der Waals surface area contributed by atoms with Gasteiger partial charge in [-0.05, 0) is 37.8 Å². The van der Waals surface area contributed by atoms with Crippen LogP contribution in [0.1, 0.15) is 31.7 Å². The smallest absolute Gasteiger partial charge is 0.0604 e. The van der Waals surface area contributed by atoms with Crippen molar-refractivity contribution in [2.75, 3.05) is 13.2 Å². The first-order valence-electron chi connectivity index (χ1n) is 6.77. The molecular formula is C15H23NO. The molecule has 2 heteroatoms. The zero-order valence-corrected chi connectivity index (χ0v) is 10.7. The number of aryl methyl sites for hydroxylation is 1. The van der Waals surface area contributed by atoms with E-state index in [-0.39, 0.29) is 0 Å². The number of rotatable bonds is 7. The summed E-state index contributed by atoms with van der Waals surface area (Å²) in [7, 11) is 0. The summed E-state index contributed by atoms with van der Waals surface area (Å²) in [6.07, 6.45) is 5.16. The summed E-state index contributed by atoms with van der Waals surface area (Å²) in [6.45, 7) is 4.14. The average Bonchev–Trinajstić information content (AvgIpc) is 2.32. The summed E-state index contributed by atoms with van der Waals surface area (Å²) in [5.41, 5.74) is 1.41. The van der Waals surface area contributed by atoms with Crippen LogP contribution in [0.15, 0.2) is 30.3 Å². The zero-order valence-electron chi connectivity index (χ0n) is 10.7. The molecule has 1 N–H and O–H groups in total. The van der Waals surface area contributed by atoms with E-state index < -0.39 is 0 Å². The Kier molecular flexibility index (Phi) is 5.02. The summed E-state index contributed by atoms with van der Waals surface area (Å²) < 4.78 is 5.84. The van der Waals surface area contributed by atoms with E-state index in [4.69, 9.17) is 4.74 Å². The SMILES string of the molecule is CCNC1CC(OCCCc2ccccc2)C1. The molecular weight excluding hydrogens is 210 g/mol. The highest BCUT2D eigenvalue weighted by molar-refractivity contribution is 5.14. The van der Waals surface area contributed by atoms with Crippen molar-refractivity contribution in [3.05, 3.63) is 35.9 Å². The van der Waals surface area contributed by atoms with E-state index in [2.05, 4.69) is 42.6 Å². The Morgan fingerprint density at radius 2 is 2.00 bits per heavy atom. The maximum absolute atomic E-state index is 5.84. The van der Waals surface area contributed by atoms with Crippen LogP contribution in [0.5, 0.6) is 0 Å². The Morgan fingerprint density at radius 1 is 1.24 bits per heavy atom. The van der Waals surface area contributed by atoms with Crippen LogP contribution >= 0.6 is 0 Å². The Hall–Kier alpha value is -0.860. The van der Waals surface area contributed by atoms with Crippen LogP contribution in [-0.4, -0.2) is 25.3 Å². The average molecular weight is 233 g/mol. The lowest BCUT2D eigenvalue weighted by Crippen LogP contribution is -2.45. The summed E-state index contributed by atoms with van der Waals surface area (Å²) in [4.78, 5) is 0. The molecule has 0 heterocycles. The van der Waals surface area contributed by atoms with Gasteiger partial charge in [0.15, 0.2) is 0 Å². The molecule has 0 aromatic heterocycles. The largest absolute Gasteiger partial charge is 0.378 e. The first-order chi connectivity index (χ1) is 8.38. The molecule has 0 spiro atoms. The Balaban J connectivity index is 1.50. The van der Waals surface area contributed by atoms with Crippen molar-refractivity contribution in [3.8, 4) is 0 Å². The minimum atomic E-state index is 0.509. The molecule has 0 saturated heterocycles. The predicted molar refractivity (Wildman–Crippen MR) is 71.2 cm³/mol. The Morgan fingerprint density at radius 3 is 2.71 bits per heavy atom. The van der Waals surface area contributed by atoms with Crippen LogP contribution in [0.3, 0.4) is 0 Å². The maximum atomic E-state index is 5.84. The molecule has 0 amide bonds. The van der Waals surface area contributed by atoms with Gasteiger partial charge in [0.25, 0.3) is 0 Å². The van der Waals surface area contributed by atoms with E-state index in [1.807, 2.05) is 0 Å². The van der Waals surface area contributed by atoms with Gasteiger partial charge in [0.2, 0.25) is 0 Å². The van der Waals surface area contributed by atoms with Gasteiger partial charge in [-0.25, -0.2) is 0 Å². The fourth-order valence-corrected chi connectivity index (χ4v) is 2.33. The lowest BCUT2D eigenvalue weighted by atomic mass is 9.89. The van der Waals surface area contributed by atoms with Crippen molar-refractivity contribution in [1.29, 1.82) is 0 Å². The minimum absolute atomic E-state index is 0.509. The van der Waals surface area contributed by atoms with Crippen LogP contribution in [0.4, 0.5) is 0 Å². The number of hydrogen-bond donors (Lipinski definition) is 1. The van der Waals surface area contributed by atoms with Crippen LogP contribution in [0.25, 0.3) is 0 Å². The third-order valence-corrected chi connectivity index (χ3v) is 3.39. The number of nitrogens with one attached hydrogen (secondary N) is 1. The molecule has 1 saturated carbocycles. The van der Waals surface area contributed by atoms with E-state index in [9.17, 15) is 0 Å². The van der Waals surface area contributed by atoms with Gasteiger partial charge in [0.1, 0.15) is 0 Å². The Bertz CT molecular complexity index is 306. The van der Waals surface area contributed by atoms with Crippen LogP contribution in [0.2, 0.25) is 0 Å². The molecule has 2 rings (SSSR count). The molecule has 0 radical (unpaired) electrons. The maximum Gasteiger partial charge on any atom is 0.0604 e. The van der Waals surface area contributed by atoms with Crippen molar-refractivity contribution in [2.24, 2.45) is 0 Å². The first kappa shape index (κ1) is 12.6. The van der Waals surface area contributed by atoms with E-state index in [1.54, 1.807) is 0 Å². The predicted octanol–water partition coefficient (Wildman–Crippen LogP) is 2.78. The van der Waals surface area contributed by atoms with Crippen LogP contribution < -0.4 is 5.32 Å². The molecule has 0 unspecified atom stereocenters. The molecule has 1 fully saturated rings. The molecule has 17 heavy (non-hydrogen) atoms. The fourth-order valence-electron chi connectivity index (χ4n) is 2.33. The van der Waals surface area contributed by atoms with Crippen LogP contribution in [-0.2, 0) is 11.2 Å². The van der Waals surface area contributed by atoms with E-state index in [1.165, 1.54) is 18.4 Å². The van der Waals surface area contributed by atoms with Crippen molar-refractivity contribution < 1.29 is 4.74 Å². The number of benzene rings is 1. The normalized spacial score (nSPS) is 23.4. The highest BCUT2D eigenvalue weighted by atomic mass is 16.5. The van der Waals surface area contributed by atoms with Gasteiger partial charge >= 0.3 is 0 Å². The lowest BCUT2D eigenvalue weighted by molar-refractivity contribution is -0.0167. The van der Waals surface area contributed by atoms with Gasteiger partial charge in [-0.2, -0.15) is 0 Å². The second-order valence-corrected chi connectivity index (χ2v) is 4.81. The second-order valence-electron chi connectivity index (χ2n) is 4.81. The molecule has 1 aliphatic rings. The van der Waals surface area contributed by atoms with Crippen molar-refractivity contribution in [3.63, 3.8) is 0 Å². The fraction of sp³-hybridized carbons (Fsp3) is 0.600. The number of ether oxygens (including phenoxy) is 1. The van der Waals surface area contributed by atoms with Gasteiger partial charge in [-0.3, -0.25) is 0 Å². The summed E-state index contributed by atoms with van der Waals surface area (Å²) in [6, 6.07) is 11.3. The van der Waals surface area contributed by atoms with Crippen molar-refractivity contribution in [2.45, 2.75) is 44.8 Å². The second kappa shape index (κ2) is 6.77. The van der Waals surface area contributed by atoms with Gasteiger partial charge in [-0.1, -0.05) is 37.3 Å². The highest BCUT2D eigenvalue weighted by Crippen LogP contribution is 2.23. The number of hydrogen-bond acceptors (Lipinski definition) is 2. The quantitative estimate of drug-likeness (QED) is 0.731. The highest BCUT2D eigenvalue weighted by Gasteiger charge is 2.28. The Labute approximate surface area is 104 Å². The standard InChI is InChI=1S/C15H23NO/c1-2-16-14-11-15(12-14)17-10-6-9-13-7-4-3-5-8-13/h3-5,7-8,14-16H,2,6,9-12H2,1H3. The van der Waals surface area contributed by atoms with Gasteiger partial charge in [0.05, 0.1) is 6.10 Å². The molecule has 2 nitrogen and oxygen atoms in total. The molecule has 1 aromatic carbocycles. The minimum Gasteiger partial charge on any atom is -0.378 e. The molecule has 0 aliphatic heterocycles. The van der Waals surface area contributed by atoms with Crippen molar-refractivity contribution >= 4 is 0 Å². The topological polar surface area (TPSA) is 21.3 Å². The molecule has 94 valence electrons. The third kappa shape index (κ3) is 4.14. The molecule has 0 atom stereocenters. The monoisotopic (exact) mass is 233 g/mol. The molecule has 1 aliphatic carbocycles. The zero-order chi connectivity index (χ0) is 11.9. The first-order valence-corrected chi connectivity index (χ1v) is 6.77. The van der Waals surface area contributed by atoms with Crippen molar-refractivity contribution in [1.82, 2.24) is 5.32 Å². The van der Waals surface area contributed by atoms with E-state index in [0.717, 1.165) is 26.0 Å². The molecule has 0 bridgehead atoms. The van der Waals surface area contributed by atoms with E-state index >= 15 is 0 Å². The van der Waals surface area contributed by atoms with Gasteiger partial charge in [-0.15, -0.1) is 0 Å².